The van der Waals surface area contributed by atoms with Gasteiger partial charge in [-0.1, -0.05) is 23.4 Å². The van der Waals surface area contributed by atoms with Crippen LogP contribution in [0.5, 0.6) is 0 Å². The molecule has 3 aromatic rings. The van der Waals surface area contributed by atoms with Gasteiger partial charge in [-0.15, -0.1) is 5.10 Å². The summed E-state index contributed by atoms with van der Waals surface area (Å²) in [5.41, 5.74) is 1.77. The van der Waals surface area contributed by atoms with Gasteiger partial charge in [0.15, 0.2) is 0 Å². The van der Waals surface area contributed by atoms with Gasteiger partial charge in [-0.05, 0) is 40.2 Å². The molecule has 0 aliphatic heterocycles. The highest BCUT2D eigenvalue weighted by molar-refractivity contribution is 9.10. The third kappa shape index (κ3) is 1.63. The Labute approximate surface area is 105 Å². The summed E-state index contributed by atoms with van der Waals surface area (Å²) in [4.78, 5) is 0. The minimum atomic E-state index is -0.296. The Bertz CT molecular complexity index is 693. The monoisotopic (exact) mass is 291 g/mol. The molecule has 0 unspecified atom stereocenters. The van der Waals surface area contributed by atoms with Gasteiger partial charge in [0.25, 0.3) is 0 Å². The first-order chi connectivity index (χ1) is 8.27. The number of rotatable bonds is 1. The fraction of sp³-hybridized carbons (Fsp3) is 0. The lowest BCUT2D eigenvalue weighted by Gasteiger charge is -1.99. The molecular formula is C12H7BrFN3. The molecule has 2 heterocycles. The number of fused-ring (bicyclic) bond motifs is 1. The fourth-order valence-corrected chi connectivity index (χ4v) is 2.15. The van der Waals surface area contributed by atoms with Gasteiger partial charge in [-0.25, -0.2) is 8.91 Å². The number of halogens is 2. The van der Waals surface area contributed by atoms with Crippen LogP contribution in [0, 0.1) is 5.82 Å². The Hall–Kier alpha value is -1.75. The molecule has 0 aliphatic carbocycles. The summed E-state index contributed by atoms with van der Waals surface area (Å²) >= 11 is 3.37. The van der Waals surface area contributed by atoms with E-state index in [0.717, 1.165) is 10.1 Å². The van der Waals surface area contributed by atoms with Crippen molar-refractivity contribution in [2.45, 2.75) is 0 Å². The quantitative estimate of drug-likeness (QED) is 0.644. The molecule has 0 aliphatic rings. The van der Waals surface area contributed by atoms with Crippen LogP contribution in [0.2, 0.25) is 0 Å². The first-order valence-electron chi connectivity index (χ1n) is 5.02. The Balaban J connectivity index is 2.33. The van der Waals surface area contributed by atoms with E-state index in [2.05, 4.69) is 26.2 Å². The second kappa shape index (κ2) is 3.92. The van der Waals surface area contributed by atoms with Crippen LogP contribution in [0.25, 0.3) is 16.8 Å². The van der Waals surface area contributed by atoms with Crippen molar-refractivity contribution in [2.75, 3.05) is 0 Å². The molecule has 17 heavy (non-hydrogen) atoms. The van der Waals surface area contributed by atoms with Crippen molar-refractivity contribution in [3.63, 3.8) is 0 Å². The molecule has 0 amide bonds. The maximum Gasteiger partial charge on any atom is 0.132 e. The van der Waals surface area contributed by atoms with E-state index in [-0.39, 0.29) is 5.82 Å². The molecule has 0 spiro atoms. The number of pyridine rings is 1. The Kier molecular flexibility index (Phi) is 2.40. The lowest BCUT2D eigenvalue weighted by Crippen LogP contribution is -1.88. The molecule has 0 saturated carbocycles. The minimum Gasteiger partial charge on any atom is -0.206 e. The first kappa shape index (κ1) is 10.4. The molecule has 2 aromatic heterocycles. The second-order valence-corrected chi connectivity index (χ2v) is 4.38. The predicted octanol–water partition coefficient (Wildman–Crippen LogP) is 3.30. The smallest absolute Gasteiger partial charge is 0.132 e. The molecule has 0 bridgehead atoms. The molecular weight excluding hydrogens is 285 g/mol. The predicted molar refractivity (Wildman–Crippen MR) is 66.1 cm³/mol. The highest BCUT2D eigenvalue weighted by Gasteiger charge is 2.12. The molecule has 0 radical (unpaired) electrons. The Morgan fingerprint density at radius 2 is 1.88 bits per heavy atom. The molecule has 84 valence electrons. The number of benzene rings is 1. The lowest BCUT2D eigenvalue weighted by atomic mass is 10.1. The zero-order chi connectivity index (χ0) is 11.8. The van der Waals surface area contributed by atoms with Crippen LogP contribution in [0.1, 0.15) is 0 Å². The molecule has 0 atom stereocenters. The van der Waals surface area contributed by atoms with Crippen LogP contribution in [0.4, 0.5) is 4.39 Å². The Morgan fingerprint density at radius 1 is 1.06 bits per heavy atom. The van der Waals surface area contributed by atoms with E-state index in [1.54, 1.807) is 22.7 Å². The summed E-state index contributed by atoms with van der Waals surface area (Å²) < 4.78 is 16.1. The van der Waals surface area contributed by atoms with Gasteiger partial charge in [0.05, 0.1) is 5.52 Å². The van der Waals surface area contributed by atoms with Crippen LogP contribution in [0.3, 0.4) is 0 Å². The maximum atomic E-state index is 13.7. The third-order valence-electron chi connectivity index (χ3n) is 2.52. The van der Waals surface area contributed by atoms with E-state index in [1.807, 2.05) is 18.2 Å². The summed E-state index contributed by atoms with van der Waals surface area (Å²) in [7, 11) is 0. The van der Waals surface area contributed by atoms with Crippen molar-refractivity contribution in [1.29, 1.82) is 0 Å². The molecule has 5 heteroatoms. The SMILES string of the molecule is Fc1ccccc1-c1nnn2c(Br)cccc12. The minimum absolute atomic E-state index is 0.296. The molecule has 0 N–H and O–H groups in total. The van der Waals surface area contributed by atoms with E-state index in [0.29, 0.717) is 11.3 Å². The van der Waals surface area contributed by atoms with Gasteiger partial charge in [0, 0.05) is 5.56 Å². The zero-order valence-electron chi connectivity index (χ0n) is 8.64. The Morgan fingerprint density at radius 3 is 2.71 bits per heavy atom. The van der Waals surface area contributed by atoms with Crippen LogP contribution in [0.15, 0.2) is 47.1 Å². The van der Waals surface area contributed by atoms with E-state index in [4.69, 9.17) is 0 Å². The van der Waals surface area contributed by atoms with Crippen molar-refractivity contribution < 1.29 is 4.39 Å². The van der Waals surface area contributed by atoms with Gasteiger partial charge in [-0.2, -0.15) is 0 Å². The first-order valence-corrected chi connectivity index (χ1v) is 5.81. The third-order valence-corrected chi connectivity index (χ3v) is 3.12. The van der Waals surface area contributed by atoms with Gasteiger partial charge in [0.2, 0.25) is 0 Å². The van der Waals surface area contributed by atoms with Crippen LogP contribution < -0.4 is 0 Å². The number of aromatic nitrogens is 3. The van der Waals surface area contributed by atoms with Gasteiger partial charge in [-0.3, -0.25) is 0 Å². The van der Waals surface area contributed by atoms with Crippen molar-refractivity contribution in [1.82, 2.24) is 14.8 Å². The fourth-order valence-electron chi connectivity index (χ4n) is 1.73. The highest BCUT2D eigenvalue weighted by Crippen LogP contribution is 2.26. The standard InChI is InChI=1S/C12H7BrFN3/c13-11-7-3-6-10-12(15-16-17(10)11)8-4-1-2-5-9(8)14/h1-7H. The van der Waals surface area contributed by atoms with Gasteiger partial charge in [0.1, 0.15) is 16.1 Å². The van der Waals surface area contributed by atoms with Crippen molar-refractivity contribution in [3.8, 4) is 11.3 Å². The van der Waals surface area contributed by atoms with Gasteiger partial charge < -0.3 is 0 Å². The summed E-state index contributed by atoms with van der Waals surface area (Å²) in [6, 6.07) is 12.1. The second-order valence-electron chi connectivity index (χ2n) is 3.56. The van der Waals surface area contributed by atoms with E-state index >= 15 is 0 Å². The van der Waals surface area contributed by atoms with Crippen molar-refractivity contribution in [3.05, 3.63) is 52.9 Å². The summed E-state index contributed by atoms with van der Waals surface area (Å²) in [6.45, 7) is 0. The highest BCUT2D eigenvalue weighted by atomic mass is 79.9. The van der Waals surface area contributed by atoms with Gasteiger partial charge >= 0.3 is 0 Å². The van der Waals surface area contributed by atoms with E-state index < -0.39 is 0 Å². The molecule has 0 saturated heterocycles. The molecule has 3 rings (SSSR count). The normalized spacial score (nSPS) is 10.9. The average Bonchev–Trinajstić information content (AvgIpc) is 2.75. The zero-order valence-corrected chi connectivity index (χ0v) is 10.2. The summed E-state index contributed by atoms with van der Waals surface area (Å²) in [6.07, 6.45) is 0. The summed E-state index contributed by atoms with van der Waals surface area (Å²) in [5, 5.41) is 8.02. The van der Waals surface area contributed by atoms with Crippen LogP contribution in [-0.4, -0.2) is 14.8 Å². The maximum absolute atomic E-state index is 13.7. The van der Waals surface area contributed by atoms with Crippen molar-refractivity contribution >= 4 is 21.4 Å². The number of nitrogens with zero attached hydrogens (tertiary/aromatic N) is 3. The molecule has 3 nitrogen and oxygen atoms in total. The lowest BCUT2D eigenvalue weighted by molar-refractivity contribution is 0.630. The van der Waals surface area contributed by atoms with E-state index in [1.165, 1.54) is 6.07 Å². The number of hydrogen-bond donors (Lipinski definition) is 0. The van der Waals surface area contributed by atoms with Crippen molar-refractivity contribution in [2.24, 2.45) is 0 Å². The van der Waals surface area contributed by atoms with Crippen LogP contribution >= 0.6 is 15.9 Å². The van der Waals surface area contributed by atoms with Crippen LogP contribution in [-0.2, 0) is 0 Å². The average molecular weight is 292 g/mol. The molecule has 0 fully saturated rings. The van der Waals surface area contributed by atoms with E-state index in [9.17, 15) is 4.39 Å². The summed E-state index contributed by atoms with van der Waals surface area (Å²) in [5.74, 6) is -0.296. The topological polar surface area (TPSA) is 30.2 Å². The molecule has 1 aromatic carbocycles. The largest absolute Gasteiger partial charge is 0.206 e. The number of hydrogen-bond acceptors (Lipinski definition) is 2.